The molecule has 25 heavy (non-hydrogen) atoms. The van der Waals surface area contributed by atoms with E-state index in [1.54, 1.807) is 19.3 Å². The molecule has 0 saturated carbocycles. The van der Waals surface area contributed by atoms with Gasteiger partial charge in [0.25, 0.3) is 0 Å². The highest BCUT2D eigenvalue weighted by molar-refractivity contribution is 5.91. The number of benzene rings is 2. The van der Waals surface area contributed by atoms with E-state index in [1.807, 2.05) is 24.3 Å². The first kappa shape index (κ1) is 16.7. The highest BCUT2D eigenvalue weighted by Crippen LogP contribution is 2.12. The Morgan fingerprint density at radius 1 is 1.16 bits per heavy atom. The molecule has 1 amide bonds. The molecule has 0 aliphatic heterocycles. The molecule has 4 nitrogen and oxygen atoms in total. The predicted molar refractivity (Wildman–Crippen MR) is 91.4 cm³/mol. The van der Waals surface area contributed by atoms with Crippen molar-refractivity contribution in [1.82, 2.24) is 14.9 Å². The molecule has 0 bridgehead atoms. The standard InChI is InChI=1S/C19H15F2N3O/c1-24(12-13-6-7-14(20)10-16(13)21)19(25)9-8-15-11-22-17-4-2-3-5-18(17)23-15/h2-11H,12H2,1H3/b9-8+. The van der Waals surface area contributed by atoms with E-state index in [9.17, 15) is 13.6 Å². The van der Waals surface area contributed by atoms with Crippen LogP contribution < -0.4 is 0 Å². The second-order valence-corrected chi connectivity index (χ2v) is 5.55. The maximum absolute atomic E-state index is 13.7. The van der Waals surface area contributed by atoms with Crippen LogP contribution in [-0.4, -0.2) is 27.8 Å². The summed E-state index contributed by atoms with van der Waals surface area (Å²) in [7, 11) is 1.54. The lowest BCUT2D eigenvalue weighted by molar-refractivity contribution is -0.125. The number of carbonyl (C=O) groups excluding carboxylic acids is 1. The molecule has 2 aromatic carbocycles. The van der Waals surface area contributed by atoms with Crippen LogP contribution in [0.1, 0.15) is 11.3 Å². The van der Waals surface area contributed by atoms with Crippen molar-refractivity contribution >= 4 is 23.0 Å². The third-order valence-corrected chi connectivity index (χ3v) is 3.66. The molecule has 3 aromatic rings. The maximum atomic E-state index is 13.7. The fraction of sp³-hybridized carbons (Fsp3) is 0.105. The number of hydrogen-bond donors (Lipinski definition) is 0. The fourth-order valence-electron chi connectivity index (χ4n) is 2.32. The van der Waals surface area contributed by atoms with Crippen molar-refractivity contribution in [1.29, 1.82) is 0 Å². The molecule has 3 rings (SSSR count). The van der Waals surface area contributed by atoms with Crippen LogP contribution in [0.15, 0.2) is 54.7 Å². The lowest BCUT2D eigenvalue weighted by Crippen LogP contribution is -2.24. The van der Waals surface area contributed by atoms with Crippen molar-refractivity contribution in [3.05, 3.63) is 77.6 Å². The van der Waals surface area contributed by atoms with Crippen LogP contribution in [0.5, 0.6) is 0 Å². The minimum absolute atomic E-state index is 0.0404. The highest BCUT2D eigenvalue weighted by atomic mass is 19.1. The second-order valence-electron chi connectivity index (χ2n) is 5.55. The van der Waals surface area contributed by atoms with E-state index in [1.165, 1.54) is 17.0 Å². The molecule has 0 saturated heterocycles. The quantitative estimate of drug-likeness (QED) is 0.683. The average molecular weight is 339 g/mol. The number of fused-ring (bicyclic) bond motifs is 1. The van der Waals surface area contributed by atoms with Gasteiger partial charge in [-0.2, -0.15) is 0 Å². The Bertz CT molecular complexity index is 956. The smallest absolute Gasteiger partial charge is 0.246 e. The number of halogens is 2. The summed E-state index contributed by atoms with van der Waals surface area (Å²) >= 11 is 0. The van der Waals surface area contributed by atoms with Crippen LogP contribution in [0.4, 0.5) is 8.78 Å². The largest absolute Gasteiger partial charge is 0.338 e. The molecule has 0 radical (unpaired) electrons. The summed E-state index contributed by atoms with van der Waals surface area (Å²) in [6, 6.07) is 10.7. The van der Waals surface area contributed by atoms with E-state index < -0.39 is 11.6 Å². The van der Waals surface area contributed by atoms with Crippen LogP contribution in [0.2, 0.25) is 0 Å². The maximum Gasteiger partial charge on any atom is 0.246 e. The van der Waals surface area contributed by atoms with E-state index in [-0.39, 0.29) is 18.0 Å². The zero-order chi connectivity index (χ0) is 17.8. The summed E-state index contributed by atoms with van der Waals surface area (Å²) in [6.45, 7) is 0.0404. The summed E-state index contributed by atoms with van der Waals surface area (Å²) in [5.74, 6) is -1.65. The SMILES string of the molecule is CN(Cc1ccc(F)cc1F)C(=O)/C=C/c1cnc2ccccc2n1. The van der Waals surface area contributed by atoms with Gasteiger partial charge >= 0.3 is 0 Å². The average Bonchev–Trinajstić information content (AvgIpc) is 2.61. The van der Waals surface area contributed by atoms with E-state index in [2.05, 4.69) is 9.97 Å². The van der Waals surface area contributed by atoms with Gasteiger partial charge in [-0.1, -0.05) is 18.2 Å². The number of carbonyl (C=O) groups is 1. The molecule has 126 valence electrons. The number of amides is 1. The van der Waals surface area contributed by atoms with Crippen molar-refractivity contribution in [2.24, 2.45) is 0 Å². The molecule has 6 heteroatoms. The first-order chi connectivity index (χ1) is 12.0. The van der Waals surface area contributed by atoms with E-state index in [4.69, 9.17) is 0 Å². The van der Waals surface area contributed by atoms with Gasteiger partial charge in [0.1, 0.15) is 11.6 Å². The topological polar surface area (TPSA) is 46.1 Å². The third kappa shape index (κ3) is 4.03. The Hall–Kier alpha value is -3.15. The van der Waals surface area contributed by atoms with Crippen molar-refractivity contribution in [2.45, 2.75) is 6.54 Å². The number of aromatic nitrogens is 2. The molecule has 0 unspecified atom stereocenters. The summed E-state index contributed by atoms with van der Waals surface area (Å²) < 4.78 is 26.6. The molecule has 0 fully saturated rings. The lowest BCUT2D eigenvalue weighted by Gasteiger charge is -2.15. The first-order valence-electron chi connectivity index (χ1n) is 7.62. The first-order valence-corrected chi connectivity index (χ1v) is 7.62. The van der Waals surface area contributed by atoms with Gasteiger partial charge in [-0.25, -0.2) is 13.8 Å². The second kappa shape index (κ2) is 7.17. The van der Waals surface area contributed by atoms with Gasteiger partial charge < -0.3 is 4.90 Å². The fourth-order valence-corrected chi connectivity index (χ4v) is 2.32. The predicted octanol–water partition coefficient (Wildman–Crippen LogP) is 3.58. The Kier molecular flexibility index (Phi) is 4.79. The van der Waals surface area contributed by atoms with Gasteiger partial charge in [-0.3, -0.25) is 9.78 Å². The van der Waals surface area contributed by atoms with Crippen molar-refractivity contribution in [3.8, 4) is 0 Å². The van der Waals surface area contributed by atoms with Gasteiger partial charge in [0.05, 0.1) is 22.9 Å². The summed E-state index contributed by atoms with van der Waals surface area (Å²) in [5.41, 5.74) is 2.30. The lowest BCUT2D eigenvalue weighted by atomic mass is 10.2. The normalized spacial score (nSPS) is 11.2. The number of rotatable bonds is 4. The number of hydrogen-bond acceptors (Lipinski definition) is 3. The Morgan fingerprint density at radius 2 is 1.92 bits per heavy atom. The molecular weight excluding hydrogens is 324 g/mol. The van der Waals surface area contributed by atoms with Crippen molar-refractivity contribution < 1.29 is 13.6 Å². The van der Waals surface area contributed by atoms with E-state index >= 15 is 0 Å². The Balaban J connectivity index is 1.70. The minimum Gasteiger partial charge on any atom is -0.338 e. The van der Waals surface area contributed by atoms with Crippen LogP contribution in [0.25, 0.3) is 17.1 Å². The van der Waals surface area contributed by atoms with Gasteiger partial charge in [-0.05, 0) is 24.3 Å². The van der Waals surface area contributed by atoms with Gasteiger partial charge in [0, 0.05) is 31.3 Å². The molecule has 0 atom stereocenters. The summed E-state index contributed by atoms with van der Waals surface area (Å²) in [4.78, 5) is 22.2. The zero-order valence-corrected chi connectivity index (χ0v) is 13.5. The van der Waals surface area contributed by atoms with Gasteiger partial charge in [-0.15, -0.1) is 0 Å². The molecule has 0 aliphatic carbocycles. The van der Waals surface area contributed by atoms with Gasteiger partial charge in [0.2, 0.25) is 5.91 Å². The van der Waals surface area contributed by atoms with E-state index in [0.29, 0.717) is 5.69 Å². The van der Waals surface area contributed by atoms with Crippen LogP contribution >= 0.6 is 0 Å². The van der Waals surface area contributed by atoms with Gasteiger partial charge in [0.15, 0.2) is 0 Å². The number of nitrogens with zero attached hydrogens (tertiary/aromatic N) is 3. The molecular formula is C19H15F2N3O. The molecule has 1 aromatic heterocycles. The summed E-state index contributed by atoms with van der Waals surface area (Å²) in [6.07, 6.45) is 4.48. The van der Waals surface area contributed by atoms with Crippen molar-refractivity contribution in [3.63, 3.8) is 0 Å². The molecule has 0 spiro atoms. The number of likely N-dealkylation sites (N-methyl/N-ethyl adjacent to an activating group) is 1. The van der Waals surface area contributed by atoms with Crippen molar-refractivity contribution in [2.75, 3.05) is 7.05 Å². The van der Waals surface area contributed by atoms with E-state index in [0.717, 1.165) is 23.2 Å². The molecule has 0 aliphatic rings. The summed E-state index contributed by atoms with van der Waals surface area (Å²) in [5, 5.41) is 0. The number of para-hydroxylation sites is 2. The monoisotopic (exact) mass is 339 g/mol. The molecule has 0 N–H and O–H groups in total. The van der Waals surface area contributed by atoms with Crippen LogP contribution in [0, 0.1) is 11.6 Å². The highest BCUT2D eigenvalue weighted by Gasteiger charge is 2.10. The van der Waals surface area contributed by atoms with Crippen LogP contribution in [0.3, 0.4) is 0 Å². The zero-order valence-electron chi connectivity index (χ0n) is 13.5. The third-order valence-electron chi connectivity index (χ3n) is 3.66. The van der Waals surface area contributed by atoms with Crippen LogP contribution in [-0.2, 0) is 11.3 Å². The minimum atomic E-state index is -0.677. The Labute approximate surface area is 143 Å². The molecule has 1 heterocycles. The Morgan fingerprint density at radius 3 is 2.68 bits per heavy atom.